The minimum Gasteiger partial charge on any atom is -0.481 e. The van der Waals surface area contributed by atoms with Gasteiger partial charge in [0.05, 0.1) is 32.1 Å². The molecule has 0 spiro atoms. The second-order valence-electron chi connectivity index (χ2n) is 7.05. The zero-order valence-corrected chi connectivity index (χ0v) is 17.1. The van der Waals surface area contributed by atoms with E-state index in [0.29, 0.717) is 23.5 Å². The number of carbonyl (C=O) groups excluding carboxylic acids is 1. The first-order valence-electron chi connectivity index (χ1n) is 8.48. The summed E-state index contributed by atoms with van der Waals surface area (Å²) in [5.41, 5.74) is 0.598. The van der Waals surface area contributed by atoms with Gasteiger partial charge in [-0.25, -0.2) is 5.84 Å². The number of ether oxygens (including phenoxy) is 2. The summed E-state index contributed by atoms with van der Waals surface area (Å²) in [6.07, 6.45) is 0. The topological polar surface area (TPSA) is 90.6 Å². The number of thioether (sulfide) groups is 1. The molecule has 2 aromatic rings. The Hall–Kier alpha value is -2.32. The maximum atomic E-state index is 13.1. The fourth-order valence-electron chi connectivity index (χ4n) is 2.36. The van der Waals surface area contributed by atoms with Crippen molar-refractivity contribution in [2.24, 2.45) is 11.3 Å². The van der Waals surface area contributed by atoms with Gasteiger partial charge in [-0.15, -0.1) is 0 Å². The molecule has 0 saturated heterocycles. The van der Waals surface area contributed by atoms with Crippen LogP contribution in [0.2, 0.25) is 0 Å². The molecule has 1 aromatic heterocycles. The quantitative estimate of drug-likeness (QED) is 0.255. The van der Waals surface area contributed by atoms with Gasteiger partial charge in [0.25, 0.3) is 5.91 Å². The molecule has 1 amide bonds. The van der Waals surface area contributed by atoms with Gasteiger partial charge in [0, 0.05) is 0 Å². The van der Waals surface area contributed by atoms with Crippen LogP contribution in [0.5, 0.6) is 11.8 Å². The van der Waals surface area contributed by atoms with Crippen molar-refractivity contribution in [3.05, 3.63) is 42.0 Å². The van der Waals surface area contributed by atoms with E-state index in [9.17, 15) is 4.79 Å². The first kappa shape index (κ1) is 21.0. The van der Waals surface area contributed by atoms with Gasteiger partial charge in [0.2, 0.25) is 11.8 Å². The molecule has 0 fully saturated rings. The van der Waals surface area contributed by atoms with E-state index >= 15 is 0 Å². The Balaban J connectivity index is 2.23. The van der Waals surface area contributed by atoms with Crippen LogP contribution in [0.1, 0.15) is 26.3 Å². The smallest absolute Gasteiger partial charge is 0.250 e. The van der Waals surface area contributed by atoms with Gasteiger partial charge in [-0.05, 0) is 11.0 Å². The zero-order chi connectivity index (χ0) is 20.0. The molecule has 1 atom stereocenters. The molecule has 27 heavy (non-hydrogen) atoms. The number of carbonyl (C=O) groups is 1. The Labute approximate surface area is 164 Å². The molecule has 146 valence electrons. The fourth-order valence-corrected chi connectivity index (χ4v) is 3.44. The summed E-state index contributed by atoms with van der Waals surface area (Å²) in [4.78, 5) is 21.7. The summed E-state index contributed by atoms with van der Waals surface area (Å²) in [5, 5.41) is 1.16. The summed E-state index contributed by atoms with van der Waals surface area (Å²) in [6, 6.07) is 11.2. The Morgan fingerprint density at radius 1 is 1.15 bits per heavy atom. The van der Waals surface area contributed by atoms with Gasteiger partial charge in [-0.1, -0.05) is 62.9 Å². The average Bonchev–Trinajstić information content (AvgIpc) is 2.65. The van der Waals surface area contributed by atoms with Gasteiger partial charge in [0.15, 0.2) is 5.16 Å². The van der Waals surface area contributed by atoms with Crippen molar-refractivity contribution in [2.75, 3.05) is 14.2 Å². The number of amides is 1. The summed E-state index contributed by atoms with van der Waals surface area (Å²) >= 11 is 1.25. The Kier molecular flexibility index (Phi) is 7.04. The highest BCUT2D eigenvalue weighted by molar-refractivity contribution is 8.00. The molecule has 2 rings (SSSR count). The van der Waals surface area contributed by atoms with Crippen molar-refractivity contribution in [3.63, 3.8) is 0 Å². The monoisotopic (exact) mass is 390 g/mol. The highest BCUT2D eigenvalue weighted by Crippen LogP contribution is 2.36. The van der Waals surface area contributed by atoms with Gasteiger partial charge >= 0.3 is 0 Å². The highest BCUT2D eigenvalue weighted by atomic mass is 32.2. The average molecular weight is 391 g/mol. The van der Waals surface area contributed by atoms with Crippen molar-refractivity contribution < 1.29 is 14.3 Å². The molecule has 1 heterocycles. The largest absolute Gasteiger partial charge is 0.481 e. The Morgan fingerprint density at radius 2 is 1.70 bits per heavy atom. The molecule has 0 saturated carbocycles. The minimum atomic E-state index is -0.483. The van der Waals surface area contributed by atoms with Crippen LogP contribution in [0.3, 0.4) is 0 Å². The second-order valence-corrected chi connectivity index (χ2v) is 8.12. The third-order valence-corrected chi connectivity index (χ3v) is 5.33. The molecule has 1 unspecified atom stereocenters. The number of rotatable bonds is 7. The summed E-state index contributed by atoms with van der Waals surface area (Å²) in [6.45, 7) is 6.28. The van der Waals surface area contributed by atoms with Gasteiger partial charge in [-0.3, -0.25) is 9.80 Å². The van der Waals surface area contributed by atoms with Crippen molar-refractivity contribution in [1.82, 2.24) is 15.0 Å². The lowest BCUT2D eigenvalue weighted by Gasteiger charge is -2.31. The van der Waals surface area contributed by atoms with Crippen molar-refractivity contribution in [2.45, 2.75) is 37.7 Å². The summed E-state index contributed by atoms with van der Waals surface area (Å²) < 4.78 is 10.4. The number of nitrogens with zero attached hydrogens (tertiary/aromatic N) is 3. The predicted octanol–water partition coefficient (Wildman–Crippen LogP) is 2.90. The molecule has 1 aromatic carbocycles. The Morgan fingerprint density at radius 3 is 2.19 bits per heavy atom. The van der Waals surface area contributed by atoms with E-state index in [2.05, 4.69) is 9.97 Å². The Bertz CT molecular complexity index is 743. The molecule has 0 aliphatic carbocycles. The molecule has 2 N–H and O–H groups in total. The van der Waals surface area contributed by atoms with E-state index in [0.717, 1.165) is 5.56 Å². The molecule has 0 bridgehead atoms. The van der Waals surface area contributed by atoms with E-state index in [4.69, 9.17) is 15.3 Å². The van der Waals surface area contributed by atoms with Crippen molar-refractivity contribution in [3.8, 4) is 11.8 Å². The van der Waals surface area contributed by atoms with Crippen LogP contribution >= 0.6 is 11.8 Å². The number of methoxy groups -OCH3 is 2. The van der Waals surface area contributed by atoms with Crippen LogP contribution < -0.4 is 15.3 Å². The normalized spacial score (nSPS) is 12.4. The summed E-state index contributed by atoms with van der Waals surface area (Å²) in [7, 11) is 3.04. The van der Waals surface area contributed by atoms with E-state index in [-0.39, 0.29) is 11.3 Å². The van der Waals surface area contributed by atoms with Crippen LogP contribution in [-0.4, -0.2) is 40.4 Å². The lowest BCUT2D eigenvalue weighted by Crippen LogP contribution is -2.46. The first-order chi connectivity index (χ1) is 12.7. The lowest BCUT2D eigenvalue weighted by molar-refractivity contribution is -0.133. The maximum absolute atomic E-state index is 13.1. The van der Waals surface area contributed by atoms with Gasteiger partial charge < -0.3 is 9.47 Å². The number of hydrazine groups is 1. The summed E-state index contributed by atoms with van der Waals surface area (Å²) in [5.74, 6) is 6.65. The third-order valence-electron chi connectivity index (χ3n) is 3.79. The van der Waals surface area contributed by atoms with Gasteiger partial charge in [0.1, 0.15) is 0 Å². The maximum Gasteiger partial charge on any atom is 0.250 e. The van der Waals surface area contributed by atoms with Crippen molar-refractivity contribution >= 4 is 17.7 Å². The molecule has 0 aliphatic rings. The van der Waals surface area contributed by atoms with Crippen LogP contribution in [0.15, 0.2) is 41.6 Å². The number of aromatic nitrogens is 2. The molecule has 7 nitrogen and oxygen atoms in total. The molecule has 8 heteroatoms. The number of hydrogen-bond donors (Lipinski definition) is 1. The van der Waals surface area contributed by atoms with Crippen LogP contribution in [0.4, 0.5) is 0 Å². The van der Waals surface area contributed by atoms with Crippen molar-refractivity contribution in [1.29, 1.82) is 0 Å². The van der Waals surface area contributed by atoms with Crippen LogP contribution in [0, 0.1) is 5.41 Å². The first-order valence-corrected chi connectivity index (χ1v) is 9.36. The minimum absolute atomic E-state index is 0.193. The number of hydrogen-bond acceptors (Lipinski definition) is 7. The molecular weight excluding hydrogens is 364 g/mol. The zero-order valence-electron chi connectivity index (χ0n) is 16.3. The van der Waals surface area contributed by atoms with E-state index in [1.165, 1.54) is 31.0 Å². The molecule has 0 radical (unpaired) electrons. The number of nitrogens with two attached hydrogens (primary N) is 1. The standard InChI is InChI=1S/C19H26N4O3S/c1-19(2,3)16(17(24)23(20)12-13-9-7-6-8-10-13)27-18-21-14(25-4)11-15(22-18)26-5/h6-11,16H,12,20H2,1-5H3. The third kappa shape index (κ3) is 5.83. The predicted molar refractivity (Wildman–Crippen MR) is 105 cm³/mol. The van der Waals surface area contributed by atoms with E-state index < -0.39 is 5.25 Å². The second kappa shape index (κ2) is 9.05. The van der Waals surface area contributed by atoms with Crippen LogP contribution in [-0.2, 0) is 11.3 Å². The van der Waals surface area contributed by atoms with Gasteiger partial charge in [-0.2, -0.15) is 9.97 Å². The fraction of sp³-hybridized carbons (Fsp3) is 0.421. The molecule has 0 aliphatic heterocycles. The molecular formula is C19H26N4O3S. The lowest BCUT2D eigenvalue weighted by atomic mass is 9.91. The highest BCUT2D eigenvalue weighted by Gasteiger charge is 2.35. The van der Waals surface area contributed by atoms with E-state index in [1.807, 2.05) is 51.1 Å². The van der Waals surface area contributed by atoms with E-state index in [1.54, 1.807) is 6.07 Å². The number of benzene rings is 1. The SMILES string of the molecule is COc1cc(OC)nc(SC(C(=O)N(N)Cc2ccccc2)C(C)(C)C)n1. The van der Waals surface area contributed by atoms with Crippen LogP contribution in [0.25, 0.3) is 0 Å².